The van der Waals surface area contributed by atoms with Gasteiger partial charge in [0, 0.05) is 11.5 Å². The van der Waals surface area contributed by atoms with Crippen LogP contribution in [0.2, 0.25) is 0 Å². The van der Waals surface area contributed by atoms with Crippen LogP contribution in [-0.4, -0.2) is 23.2 Å². The van der Waals surface area contributed by atoms with Crippen LogP contribution in [-0.2, 0) is 4.79 Å². The highest BCUT2D eigenvalue weighted by atomic mass is 16.4. The van der Waals surface area contributed by atoms with Crippen LogP contribution < -0.4 is 5.43 Å². The molecule has 0 saturated heterocycles. The molecule has 0 unspecified atom stereocenters. The zero-order chi connectivity index (χ0) is 19.0. The van der Waals surface area contributed by atoms with Crippen molar-refractivity contribution in [2.45, 2.75) is 32.6 Å². The number of nitrogens with zero attached hydrogens (tertiary/aromatic N) is 1. The maximum Gasteiger partial charge on any atom is 0.335 e. The topological polar surface area (TPSA) is 91.9 Å². The molecule has 0 aliphatic heterocycles. The van der Waals surface area contributed by atoms with Gasteiger partial charge in [-0.2, -0.15) is 5.10 Å². The summed E-state index contributed by atoms with van der Waals surface area (Å²) in [6, 6.07) is 10.00. The largest absolute Gasteiger partial charge is 0.478 e. The van der Waals surface area contributed by atoms with Gasteiger partial charge >= 0.3 is 5.97 Å². The van der Waals surface area contributed by atoms with Crippen LogP contribution in [0.25, 0.3) is 11.3 Å². The average Bonchev–Trinajstić information content (AvgIpc) is 3.03. The van der Waals surface area contributed by atoms with Crippen molar-refractivity contribution in [3.63, 3.8) is 0 Å². The first-order valence-corrected chi connectivity index (χ1v) is 9.25. The lowest BCUT2D eigenvalue weighted by Gasteiger charge is -2.15. The molecule has 2 N–H and O–H groups in total. The fourth-order valence-corrected chi connectivity index (χ4v) is 4.43. The number of amides is 1. The molecule has 2 aliphatic rings. The van der Waals surface area contributed by atoms with Gasteiger partial charge in [-0.1, -0.05) is 31.9 Å². The van der Waals surface area contributed by atoms with Crippen molar-refractivity contribution in [2.75, 3.05) is 0 Å². The smallest absolute Gasteiger partial charge is 0.335 e. The zero-order valence-electron chi connectivity index (χ0n) is 15.1. The lowest BCUT2D eigenvalue weighted by atomic mass is 9.90. The summed E-state index contributed by atoms with van der Waals surface area (Å²) in [5.41, 5.74) is 3.82. The van der Waals surface area contributed by atoms with Crippen molar-refractivity contribution in [3.8, 4) is 11.3 Å². The van der Waals surface area contributed by atoms with Crippen LogP contribution in [0.15, 0.2) is 45.9 Å². The Bertz CT molecular complexity index is 899. The van der Waals surface area contributed by atoms with Crippen molar-refractivity contribution in [3.05, 3.63) is 47.7 Å². The van der Waals surface area contributed by atoms with E-state index in [1.54, 1.807) is 24.3 Å². The standard InChI is InChI=1S/C21H22N2O4/c1-21-11-3-2-4-16(21)18(21)19(24)23-22-12-15-9-10-17(27-15)13-5-7-14(8-6-13)20(25)26/h5-10,12,16,18H,2-4,11H2,1H3,(H,23,24)(H,25,26)/b22-12-/t16-,18-,21+/m1/s1. The Morgan fingerprint density at radius 3 is 2.67 bits per heavy atom. The van der Waals surface area contributed by atoms with Crippen molar-refractivity contribution >= 4 is 18.1 Å². The molecule has 1 aromatic carbocycles. The SMILES string of the molecule is C[C@]12CCCC[C@@H]1[C@@H]2C(=O)N/N=C\c1ccc(-c2ccc(C(=O)O)cc2)o1. The number of carboxylic acids is 1. The summed E-state index contributed by atoms with van der Waals surface area (Å²) < 4.78 is 5.69. The third-order valence-electron chi connectivity index (χ3n) is 6.02. The Morgan fingerprint density at radius 1 is 1.22 bits per heavy atom. The highest BCUT2D eigenvalue weighted by Crippen LogP contribution is 2.66. The molecule has 1 aromatic heterocycles. The number of fused-ring (bicyclic) bond motifs is 1. The van der Waals surface area contributed by atoms with Gasteiger partial charge in [-0.15, -0.1) is 0 Å². The van der Waals surface area contributed by atoms with Gasteiger partial charge in [0.15, 0.2) is 0 Å². The van der Waals surface area contributed by atoms with E-state index in [0.717, 1.165) is 18.4 Å². The van der Waals surface area contributed by atoms with Crippen LogP contribution in [0.5, 0.6) is 0 Å². The maximum atomic E-state index is 12.4. The third-order valence-corrected chi connectivity index (χ3v) is 6.02. The monoisotopic (exact) mass is 366 g/mol. The molecular weight excluding hydrogens is 344 g/mol. The van der Waals surface area contributed by atoms with Gasteiger partial charge in [0.1, 0.15) is 11.5 Å². The van der Waals surface area contributed by atoms with Gasteiger partial charge < -0.3 is 9.52 Å². The van der Waals surface area contributed by atoms with E-state index in [9.17, 15) is 9.59 Å². The molecule has 0 bridgehead atoms. The number of furan rings is 1. The second kappa shape index (κ2) is 6.68. The highest BCUT2D eigenvalue weighted by molar-refractivity contribution is 5.88. The van der Waals surface area contributed by atoms with E-state index in [-0.39, 0.29) is 22.8 Å². The summed E-state index contributed by atoms with van der Waals surface area (Å²) >= 11 is 0. The van der Waals surface area contributed by atoms with E-state index in [2.05, 4.69) is 17.5 Å². The quantitative estimate of drug-likeness (QED) is 0.620. The van der Waals surface area contributed by atoms with Crippen LogP contribution in [0.4, 0.5) is 0 Å². The van der Waals surface area contributed by atoms with Crippen LogP contribution >= 0.6 is 0 Å². The molecule has 6 heteroatoms. The van der Waals surface area contributed by atoms with Gasteiger partial charge in [-0.05, 0) is 48.4 Å². The molecule has 3 atom stereocenters. The van der Waals surface area contributed by atoms with Crippen molar-refractivity contribution in [1.82, 2.24) is 5.43 Å². The predicted octanol–water partition coefficient (Wildman–Crippen LogP) is 3.92. The molecule has 2 aromatic rings. The lowest BCUT2D eigenvalue weighted by molar-refractivity contribution is -0.123. The molecule has 27 heavy (non-hydrogen) atoms. The number of aromatic carboxylic acids is 1. The van der Waals surface area contributed by atoms with Crippen molar-refractivity contribution < 1.29 is 19.1 Å². The second-order valence-electron chi connectivity index (χ2n) is 7.65. The number of hydrogen-bond donors (Lipinski definition) is 2. The normalized spacial score (nSPS) is 26.6. The van der Waals surface area contributed by atoms with Gasteiger partial charge in [-0.25, -0.2) is 10.2 Å². The number of benzene rings is 1. The van der Waals surface area contributed by atoms with E-state index < -0.39 is 5.97 Å². The average molecular weight is 366 g/mol. The first-order chi connectivity index (χ1) is 13.0. The maximum absolute atomic E-state index is 12.4. The zero-order valence-corrected chi connectivity index (χ0v) is 15.1. The van der Waals surface area contributed by atoms with Gasteiger partial charge in [0.05, 0.1) is 11.8 Å². The minimum Gasteiger partial charge on any atom is -0.478 e. The molecule has 2 aliphatic carbocycles. The molecule has 2 fully saturated rings. The molecule has 1 heterocycles. The molecule has 0 spiro atoms. The number of carbonyl (C=O) groups excluding carboxylic acids is 1. The molecule has 0 radical (unpaired) electrons. The third kappa shape index (κ3) is 3.27. The predicted molar refractivity (Wildman–Crippen MR) is 100 cm³/mol. The number of hydrazone groups is 1. The molecule has 6 nitrogen and oxygen atoms in total. The van der Waals surface area contributed by atoms with E-state index in [1.165, 1.54) is 31.2 Å². The molecule has 2 saturated carbocycles. The second-order valence-corrected chi connectivity index (χ2v) is 7.65. The number of carboxylic acid groups (broad SMARTS) is 1. The number of nitrogens with one attached hydrogen (secondary N) is 1. The van der Waals surface area contributed by atoms with Crippen molar-refractivity contribution in [1.29, 1.82) is 0 Å². The van der Waals surface area contributed by atoms with Crippen LogP contribution in [0.1, 0.15) is 48.7 Å². The van der Waals surface area contributed by atoms with Gasteiger partial charge in [0.25, 0.3) is 0 Å². The summed E-state index contributed by atoms with van der Waals surface area (Å²) in [5, 5.41) is 13.0. The lowest BCUT2D eigenvalue weighted by Crippen LogP contribution is -2.22. The van der Waals surface area contributed by atoms with E-state index in [0.29, 0.717) is 17.4 Å². The van der Waals surface area contributed by atoms with E-state index in [4.69, 9.17) is 9.52 Å². The highest BCUT2D eigenvalue weighted by Gasteiger charge is 2.64. The number of carbonyl (C=O) groups is 2. The minimum absolute atomic E-state index is 0.00307. The Morgan fingerprint density at radius 2 is 2.00 bits per heavy atom. The summed E-state index contributed by atoms with van der Waals surface area (Å²) in [5.74, 6) is 0.751. The molecule has 4 rings (SSSR count). The number of hydrogen-bond acceptors (Lipinski definition) is 4. The van der Waals surface area contributed by atoms with E-state index in [1.807, 2.05) is 0 Å². The van der Waals surface area contributed by atoms with Gasteiger partial charge in [0.2, 0.25) is 5.91 Å². The molecule has 140 valence electrons. The molecular formula is C21H22N2O4. The summed E-state index contributed by atoms with van der Waals surface area (Å²) in [7, 11) is 0. The minimum atomic E-state index is -0.964. The summed E-state index contributed by atoms with van der Waals surface area (Å²) in [6.45, 7) is 2.21. The Kier molecular flexibility index (Phi) is 4.34. The Hall–Kier alpha value is -2.89. The van der Waals surface area contributed by atoms with E-state index >= 15 is 0 Å². The molecule has 1 amide bonds. The van der Waals surface area contributed by atoms with Crippen molar-refractivity contribution in [2.24, 2.45) is 22.4 Å². The Labute approximate surface area is 157 Å². The fourth-order valence-electron chi connectivity index (χ4n) is 4.43. The fraction of sp³-hybridized carbons (Fsp3) is 0.381. The first kappa shape index (κ1) is 17.5. The van der Waals surface area contributed by atoms with Crippen LogP contribution in [0.3, 0.4) is 0 Å². The summed E-state index contributed by atoms with van der Waals surface area (Å²) in [6.07, 6.45) is 6.18. The number of rotatable bonds is 5. The van der Waals surface area contributed by atoms with Crippen LogP contribution in [0, 0.1) is 17.3 Å². The Balaban J connectivity index is 1.36. The summed E-state index contributed by atoms with van der Waals surface area (Å²) in [4.78, 5) is 23.3. The first-order valence-electron chi connectivity index (χ1n) is 9.25. The van der Waals surface area contributed by atoms with Gasteiger partial charge in [-0.3, -0.25) is 4.79 Å².